The Morgan fingerprint density at radius 3 is 2.57 bits per heavy atom. The molecule has 0 bridgehead atoms. The van der Waals surface area contributed by atoms with Gasteiger partial charge in [0.2, 0.25) is 0 Å². The van der Waals surface area contributed by atoms with Crippen LogP contribution in [-0.2, 0) is 0 Å². The molecule has 0 spiro atoms. The van der Waals surface area contributed by atoms with Crippen LogP contribution < -0.4 is 0 Å². The van der Waals surface area contributed by atoms with Crippen molar-refractivity contribution in [3.63, 3.8) is 0 Å². The Kier molecular flexibility index (Phi) is 3.39. The minimum Gasteiger partial charge on any atom is -0.248 e. The molecule has 1 nitrogen and oxygen atoms in total. The van der Waals surface area contributed by atoms with Crippen molar-refractivity contribution in [2.75, 3.05) is 0 Å². The molecule has 0 unspecified atom stereocenters. The summed E-state index contributed by atoms with van der Waals surface area (Å²) in [5.41, 5.74) is 4.50. The first-order chi connectivity index (χ1) is 11.3. The van der Waals surface area contributed by atoms with E-state index in [-0.39, 0.29) is 0 Å². The van der Waals surface area contributed by atoms with Crippen LogP contribution in [0, 0.1) is 6.92 Å². The van der Waals surface area contributed by atoms with E-state index >= 15 is 0 Å². The zero-order valence-corrected chi connectivity index (χ0v) is 13.0. The van der Waals surface area contributed by atoms with Crippen molar-refractivity contribution in [2.45, 2.75) is 6.92 Å². The fourth-order valence-electron chi connectivity index (χ4n) is 2.92. The van der Waals surface area contributed by atoms with E-state index < -0.39 is 0 Å². The van der Waals surface area contributed by atoms with Crippen LogP contribution in [0.4, 0.5) is 0 Å². The number of aromatic nitrogens is 1. The first-order valence-electron chi connectivity index (χ1n) is 7.83. The van der Waals surface area contributed by atoms with Crippen LogP contribution in [0.25, 0.3) is 33.8 Å². The summed E-state index contributed by atoms with van der Waals surface area (Å²) < 4.78 is 0. The zero-order valence-electron chi connectivity index (χ0n) is 13.0. The van der Waals surface area contributed by atoms with Crippen LogP contribution in [0.15, 0.2) is 72.8 Å². The number of hydrogen-bond donors (Lipinski definition) is 0. The van der Waals surface area contributed by atoms with E-state index in [2.05, 4.69) is 91.9 Å². The van der Waals surface area contributed by atoms with E-state index in [1.165, 1.54) is 27.3 Å². The third-order valence-corrected chi connectivity index (χ3v) is 4.12. The first kappa shape index (κ1) is 13.7. The maximum absolute atomic E-state index is 4.72. The van der Waals surface area contributed by atoms with Crippen LogP contribution in [0.3, 0.4) is 0 Å². The normalized spacial score (nSPS) is 11.5. The molecule has 1 heterocycles. The summed E-state index contributed by atoms with van der Waals surface area (Å²) in [7, 11) is 0. The third-order valence-electron chi connectivity index (χ3n) is 4.12. The van der Waals surface area contributed by atoms with Crippen LogP contribution in [0.2, 0.25) is 0 Å². The van der Waals surface area contributed by atoms with Crippen molar-refractivity contribution in [3.05, 3.63) is 89.6 Å². The van der Waals surface area contributed by atoms with Gasteiger partial charge < -0.3 is 0 Å². The summed E-state index contributed by atoms with van der Waals surface area (Å²) in [6, 6.07) is 25.4. The van der Waals surface area contributed by atoms with Gasteiger partial charge in [-0.05, 0) is 47.5 Å². The second-order valence-electron chi connectivity index (χ2n) is 5.83. The van der Waals surface area contributed by atoms with Gasteiger partial charge in [0.15, 0.2) is 0 Å². The van der Waals surface area contributed by atoms with Gasteiger partial charge in [-0.3, -0.25) is 0 Å². The van der Waals surface area contributed by atoms with E-state index in [1.54, 1.807) is 0 Å². The molecule has 0 aliphatic rings. The molecule has 4 rings (SSSR count). The van der Waals surface area contributed by atoms with E-state index in [0.29, 0.717) is 0 Å². The summed E-state index contributed by atoms with van der Waals surface area (Å²) in [5.74, 6) is 0. The van der Waals surface area contributed by atoms with E-state index in [9.17, 15) is 0 Å². The Labute approximate surface area is 135 Å². The Balaban J connectivity index is 1.74. The maximum Gasteiger partial charge on any atom is 0.0709 e. The number of rotatable bonds is 2. The lowest BCUT2D eigenvalue weighted by atomic mass is 10.0. The second kappa shape index (κ2) is 5.69. The lowest BCUT2D eigenvalue weighted by Crippen LogP contribution is -1.84. The van der Waals surface area contributed by atoms with E-state index in [1.807, 2.05) is 0 Å². The minimum absolute atomic E-state index is 0.981. The van der Waals surface area contributed by atoms with E-state index in [4.69, 9.17) is 4.98 Å². The van der Waals surface area contributed by atoms with Gasteiger partial charge in [-0.15, -0.1) is 0 Å². The standard InChI is InChI=1S/C22H17N/c1-16-9-14-22-19(15-16)11-13-20(23-22)12-10-18-7-4-6-17-5-2-3-8-21(17)18/h2-15H,1H3/b12-10+. The van der Waals surface area contributed by atoms with Crippen molar-refractivity contribution in [1.82, 2.24) is 4.98 Å². The predicted molar refractivity (Wildman–Crippen MR) is 99.4 cm³/mol. The number of aryl methyl sites for hydroxylation is 1. The van der Waals surface area contributed by atoms with E-state index in [0.717, 1.165) is 11.2 Å². The fourth-order valence-corrected chi connectivity index (χ4v) is 2.92. The number of hydrogen-bond acceptors (Lipinski definition) is 1. The minimum atomic E-state index is 0.981. The highest BCUT2D eigenvalue weighted by atomic mass is 14.7. The maximum atomic E-state index is 4.72. The lowest BCUT2D eigenvalue weighted by molar-refractivity contribution is 1.36. The molecule has 3 aromatic carbocycles. The summed E-state index contributed by atoms with van der Waals surface area (Å²) in [6.45, 7) is 2.10. The van der Waals surface area contributed by atoms with Gasteiger partial charge in [0.05, 0.1) is 11.2 Å². The molecule has 0 radical (unpaired) electrons. The predicted octanol–water partition coefficient (Wildman–Crippen LogP) is 5.87. The molecule has 0 amide bonds. The average molecular weight is 295 g/mol. The summed E-state index contributed by atoms with van der Waals surface area (Å²) in [5, 5.41) is 3.71. The van der Waals surface area contributed by atoms with Crippen LogP contribution in [0.1, 0.15) is 16.8 Å². The molecular weight excluding hydrogens is 278 g/mol. The van der Waals surface area contributed by atoms with Crippen molar-refractivity contribution < 1.29 is 0 Å². The summed E-state index contributed by atoms with van der Waals surface area (Å²) >= 11 is 0. The summed E-state index contributed by atoms with van der Waals surface area (Å²) in [6.07, 6.45) is 4.23. The van der Waals surface area contributed by atoms with Crippen molar-refractivity contribution in [3.8, 4) is 0 Å². The first-order valence-corrected chi connectivity index (χ1v) is 7.83. The molecular formula is C22H17N. The van der Waals surface area contributed by atoms with Crippen LogP contribution in [-0.4, -0.2) is 4.98 Å². The highest BCUT2D eigenvalue weighted by Gasteiger charge is 1.99. The number of fused-ring (bicyclic) bond motifs is 2. The van der Waals surface area contributed by atoms with Gasteiger partial charge in [0.1, 0.15) is 0 Å². The number of pyridine rings is 1. The molecule has 4 aromatic rings. The number of benzene rings is 3. The van der Waals surface area contributed by atoms with Crippen molar-refractivity contribution in [2.24, 2.45) is 0 Å². The zero-order chi connectivity index (χ0) is 15.6. The van der Waals surface area contributed by atoms with Crippen LogP contribution in [0.5, 0.6) is 0 Å². The Bertz CT molecular complexity index is 1020. The molecule has 0 saturated heterocycles. The van der Waals surface area contributed by atoms with Crippen molar-refractivity contribution in [1.29, 1.82) is 0 Å². The molecule has 110 valence electrons. The number of nitrogens with zero attached hydrogens (tertiary/aromatic N) is 1. The summed E-state index contributed by atoms with van der Waals surface area (Å²) in [4.78, 5) is 4.72. The highest BCUT2D eigenvalue weighted by Crippen LogP contribution is 2.21. The molecule has 0 atom stereocenters. The average Bonchev–Trinajstić information content (AvgIpc) is 2.60. The van der Waals surface area contributed by atoms with Crippen LogP contribution >= 0.6 is 0 Å². The Hall–Kier alpha value is -2.93. The van der Waals surface area contributed by atoms with Gasteiger partial charge >= 0.3 is 0 Å². The lowest BCUT2D eigenvalue weighted by Gasteiger charge is -2.03. The third kappa shape index (κ3) is 2.74. The molecule has 0 aliphatic heterocycles. The van der Waals surface area contributed by atoms with Gasteiger partial charge in [-0.2, -0.15) is 0 Å². The Morgan fingerprint density at radius 1 is 0.739 bits per heavy atom. The molecule has 0 aliphatic carbocycles. The van der Waals surface area contributed by atoms with Gasteiger partial charge in [-0.25, -0.2) is 4.98 Å². The molecule has 0 N–H and O–H groups in total. The molecule has 0 saturated carbocycles. The molecule has 1 heteroatoms. The smallest absolute Gasteiger partial charge is 0.0709 e. The van der Waals surface area contributed by atoms with Gasteiger partial charge in [-0.1, -0.05) is 66.2 Å². The van der Waals surface area contributed by atoms with Crippen molar-refractivity contribution >= 4 is 33.8 Å². The monoisotopic (exact) mass is 295 g/mol. The van der Waals surface area contributed by atoms with Gasteiger partial charge in [0.25, 0.3) is 0 Å². The largest absolute Gasteiger partial charge is 0.248 e. The molecule has 1 aromatic heterocycles. The molecule has 0 fully saturated rings. The topological polar surface area (TPSA) is 12.9 Å². The SMILES string of the molecule is Cc1ccc2nc(/C=C/c3cccc4ccccc34)ccc2c1. The quantitative estimate of drug-likeness (QED) is 0.451. The molecule has 23 heavy (non-hydrogen) atoms. The highest BCUT2D eigenvalue weighted by molar-refractivity contribution is 5.93. The second-order valence-corrected chi connectivity index (χ2v) is 5.83. The Morgan fingerprint density at radius 2 is 1.61 bits per heavy atom. The van der Waals surface area contributed by atoms with Gasteiger partial charge in [0, 0.05) is 5.39 Å². The fraction of sp³-hybridized carbons (Fsp3) is 0.0455.